The van der Waals surface area contributed by atoms with Crippen LogP contribution in [0.25, 0.3) is 0 Å². The zero-order chi connectivity index (χ0) is 15.5. The standard InChI is InChI=1S/C10H9F5N2O3/c11-9(12)8-4(3-16)1-6(20-10(13,14)15)17-5(8)2-7(18)19/h1,9H,2-3,16H2,(H,18,19). The molecule has 0 aliphatic heterocycles. The number of hydrogen-bond donors (Lipinski definition) is 2. The summed E-state index contributed by atoms with van der Waals surface area (Å²) in [4.78, 5) is 13.7. The highest BCUT2D eigenvalue weighted by Gasteiger charge is 2.33. The molecule has 1 rings (SSSR count). The number of hydrogen-bond acceptors (Lipinski definition) is 4. The summed E-state index contributed by atoms with van der Waals surface area (Å²) in [7, 11) is 0. The molecule has 5 nitrogen and oxygen atoms in total. The normalized spacial score (nSPS) is 11.8. The van der Waals surface area contributed by atoms with Gasteiger partial charge in [0.05, 0.1) is 12.1 Å². The van der Waals surface area contributed by atoms with Crippen LogP contribution in [-0.4, -0.2) is 22.4 Å². The largest absolute Gasteiger partial charge is 0.574 e. The zero-order valence-corrected chi connectivity index (χ0v) is 9.75. The minimum Gasteiger partial charge on any atom is -0.481 e. The van der Waals surface area contributed by atoms with Crippen molar-refractivity contribution in [2.45, 2.75) is 25.8 Å². The lowest BCUT2D eigenvalue weighted by Gasteiger charge is -2.15. The fourth-order valence-corrected chi connectivity index (χ4v) is 1.52. The minimum atomic E-state index is -5.08. The Bertz CT molecular complexity index is 504. The fraction of sp³-hybridized carbons (Fsp3) is 0.400. The second-order valence-corrected chi connectivity index (χ2v) is 3.60. The molecule has 0 unspecified atom stereocenters. The van der Waals surface area contributed by atoms with Crippen molar-refractivity contribution in [1.82, 2.24) is 4.98 Å². The average molecular weight is 300 g/mol. The summed E-state index contributed by atoms with van der Waals surface area (Å²) in [6, 6.07) is 0.611. The van der Waals surface area contributed by atoms with Gasteiger partial charge in [-0.1, -0.05) is 0 Å². The third-order valence-electron chi connectivity index (χ3n) is 2.18. The van der Waals surface area contributed by atoms with Gasteiger partial charge in [0.25, 0.3) is 6.43 Å². The third kappa shape index (κ3) is 4.30. The Hall–Kier alpha value is -1.97. The van der Waals surface area contributed by atoms with Gasteiger partial charge in [-0.05, 0) is 5.56 Å². The van der Waals surface area contributed by atoms with Gasteiger partial charge in [0.15, 0.2) is 0 Å². The van der Waals surface area contributed by atoms with E-state index in [2.05, 4.69) is 9.72 Å². The Labute approximate surface area is 109 Å². The summed E-state index contributed by atoms with van der Waals surface area (Å²) in [5.74, 6) is -2.55. The van der Waals surface area contributed by atoms with Gasteiger partial charge in [-0.2, -0.15) is 0 Å². The number of ether oxygens (including phenoxy) is 1. The Kier molecular flexibility index (Phi) is 4.82. The number of carbonyl (C=O) groups is 1. The van der Waals surface area contributed by atoms with E-state index in [1.807, 2.05) is 0 Å². The van der Waals surface area contributed by atoms with Gasteiger partial charge in [-0.3, -0.25) is 4.79 Å². The van der Waals surface area contributed by atoms with Crippen molar-refractivity contribution >= 4 is 5.97 Å². The maximum Gasteiger partial charge on any atom is 0.574 e. The molecule has 0 bridgehead atoms. The monoisotopic (exact) mass is 300 g/mol. The summed E-state index contributed by atoms with van der Waals surface area (Å²) < 4.78 is 65.4. The predicted octanol–water partition coefficient (Wildman–Crippen LogP) is 2.00. The molecule has 0 aliphatic rings. The predicted molar refractivity (Wildman–Crippen MR) is 55.1 cm³/mol. The molecule has 3 N–H and O–H groups in total. The van der Waals surface area contributed by atoms with Crippen molar-refractivity contribution in [3.63, 3.8) is 0 Å². The van der Waals surface area contributed by atoms with Crippen molar-refractivity contribution < 1.29 is 36.6 Å². The lowest BCUT2D eigenvalue weighted by molar-refractivity contribution is -0.276. The summed E-state index contributed by atoms with van der Waals surface area (Å²) in [6.07, 6.45) is -9.16. The highest BCUT2D eigenvalue weighted by Crippen LogP contribution is 2.30. The second-order valence-electron chi connectivity index (χ2n) is 3.60. The van der Waals surface area contributed by atoms with Crippen LogP contribution >= 0.6 is 0 Å². The Morgan fingerprint density at radius 1 is 1.45 bits per heavy atom. The molecule has 0 aliphatic carbocycles. The van der Waals surface area contributed by atoms with Crippen LogP contribution in [0.4, 0.5) is 22.0 Å². The third-order valence-corrected chi connectivity index (χ3v) is 2.18. The van der Waals surface area contributed by atoms with Crippen LogP contribution in [0.3, 0.4) is 0 Å². The van der Waals surface area contributed by atoms with Crippen molar-refractivity contribution in [2.24, 2.45) is 5.73 Å². The van der Waals surface area contributed by atoms with Gasteiger partial charge in [-0.15, -0.1) is 13.2 Å². The van der Waals surface area contributed by atoms with Gasteiger partial charge in [-0.25, -0.2) is 13.8 Å². The zero-order valence-electron chi connectivity index (χ0n) is 9.75. The Morgan fingerprint density at radius 3 is 2.45 bits per heavy atom. The summed E-state index contributed by atoms with van der Waals surface area (Å²) in [5.41, 5.74) is 3.32. The molecule has 0 saturated carbocycles. The first-order chi connectivity index (χ1) is 9.14. The van der Waals surface area contributed by atoms with E-state index in [-0.39, 0.29) is 5.56 Å². The maximum absolute atomic E-state index is 12.8. The van der Waals surface area contributed by atoms with Gasteiger partial charge >= 0.3 is 12.3 Å². The van der Waals surface area contributed by atoms with Crippen LogP contribution < -0.4 is 10.5 Å². The number of nitrogens with two attached hydrogens (primary N) is 1. The highest BCUT2D eigenvalue weighted by molar-refractivity contribution is 5.70. The molecule has 0 spiro atoms. The van der Waals surface area contributed by atoms with Crippen LogP contribution in [-0.2, 0) is 17.8 Å². The van der Waals surface area contributed by atoms with E-state index >= 15 is 0 Å². The number of alkyl halides is 5. The smallest absolute Gasteiger partial charge is 0.481 e. The van der Waals surface area contributed by atoms with Crippen molar-refractivity contribution in [2.75, 3.05) is 0 Å². The average Bonchev–Trinajstić information content (AvgIpc) is 2.24. The number of nitrogens with zero attached hydrogens (tertiary/aromatic N) is 1. The first-order valence-corrected chi connectivity index (χ1v) is 5.12. The molecule has 0 saturated heterocycles. The van der Waals surface area contributed by atoms with E-state index in [1.165, 1.54) is 0 Å². The topological polar surface area (TPSA) is 85.4 Å². The number of pyridine rings is 1. The molecule has 20 heavy (non-hydrogen) atoms. The SMILES string of the molecule is NCc1cc(OC(F)(F)F)nc(CC(=O)O)c1C(F)F. The summed E-state index contributed by atoms with van der Waals surface area (Å²) in [6.45, 7) is -0.511. The molecule has 10 heteroatoms. The Balaban J connectivity index is 3.35. The molecule has 112 valence electrons. The van der Waals surface area contributed by atoms with Gasteiger partial charge in [0, 0.05) is 18.2 Å². The highest BCUT2D eigenvalue weighted by atomic mass is 19.4. The van der Waals surface area contributed by atoms with Crippen LogP contribution in [0, 0.1) is 0 Å². The molecule has 0 radical (unpaired) electrons. The molecular formula is C10H9F5N2O3. The van der Waals surface area contributed by atoms with Crippen molar-refractivity contribution in [3.8, 4) is 5.88 Å². The minimum absolute atomic E-state index is 0.356. The fourth-order valence-electron chi connectivity index (χ4n) is 1.52. The lowest BCUT2D eigenvalue weighted by Crippen LogP contribution is -2.20. The number of halogens is 5. The van der Waals surface area contributed by atoms with Gasteiger partial charge in [0.2, 0.25) is 5.88 Å². The maximum atomic E-state index is 12.8. The number of aromatic nitrogens is 1. The number of carboxylic acids is 1. The summed E-state index contributed by atoms with van der Waals surface area (Å²) >= 11 is 0. The van der Waals surface area contributed by atoms with Gasteiger partial charge in [0.1, 0.15) is 0 Å². The van der Waals surface area contributed by atoms with E-state index in [1.54, 1.807) is 0 Å². The first-order valence-electron chi connectivity index (χ1n) is 5.12. The molecule has 0 aromatic carbocycles. The van der Waals surface area contributed by atoms with Crippen LogP contribution in [0.2, 0.25) is 0 Å². The number of carboxylic acid groups (broad SMARTS) is 1. The molecule has 1 aromatic rings. The molecular weight excluding hydrogens is 291 g/mol. The van der Waals surface area contributed by atoms with E-state index in [0.29, 0.717) is 6.07 Å². The van der Waals surface area contributed by atoms with Crippen molar-refractivity contribution in [3.05, 3.63) is 22.9 Å². The number of rotatable bonds is 5. The van der Waals surface area contributed by atoms with Crippen molar-refractivity contribution in [1.29, 1.82) is 0 Å². The van der Waals surface area contributed by atoms with Crippen LogP contribution in [0.1, 0.15) is 23.2 Å². The molecule has 0 fully saturated rings. The van der Waals surface area contributed by atoms with E-state index in [9.17, 15) is 26.7 Å². The Morgan fingerprint density at radius 2 is 2.05 bits per heavy atom. The van der Waals surface area contributed by atoms with E-state index in [0.717, 1.165) is 0 Å². The molecule has 1 heterocycles. The molecule has 0 atom stereocenters. The molecule has 1 aromatic heterocycles. The molecule has 0 amide bonds. The van der Waals surface area contributed by atoms with E-state index < -0.39 is 48.9 Å². The second kappa shape index (κ2) is 5.99. The van der Waals surface area contributed by atoms with E-state index in [4.69, 9.17) is 10.8 Å². The first kappa shape index (κ1) is 16.1. The van der Waals surface area contributed by atoms with Crippen LogP contribution in [0.15, 0.2) is 6.07 Å². The number of aliphatic carboxylic acids is 1. The van der Waals surface area contributed by atoms with Gasteiger partial charge < -0.3 is 15.6 Å². The summed E-state index contributed by atoms with van der Waals surface area (Å²) in [5, 5.41) is 8.58. The quantitative estimate of drug-likeness (QED) is 0.812. The lowest BCUT2D eigenvalue weighted by atomic mass is 10.0. The van der Waals surface area contributed by atoms with Crippen LogP contribution in [0.5, 0.6) is 5.88 Å².